The van der Waals surface area contributed by atoms with E-state index >= 15 is 0 Å². The minimum atomic E-state index is -0.117. The van der Waals surface area contributed by atoms with E-state index in [0.717, 1.165) is 5.56 Å². The van der Waals surface area contributed by atoms with E-state index in [1.54, 1.807) is 20.3 Å². The van der Waals surface area contributed by atoms with E-state index in [4.69, 9.17) is 9.47 Å². The Morgan fingerprint density at radius 3 is 2.70 bits per heavy atom. The monoisotopic (exact) mass is 316 g/mol. The van der Waals surface area contributed by atoms with Crippen LogP contribution in [-0.4, -0.2) is 44.0 Å². The van der Waals surface area contributed by atoms with Crippen LogP contribution >= 0.6 is 0 Å². The standard InChI is InChI=1S/C17H20N2O4/c1-22-11-3-4-12(15(9-11)23-2)10-7-13(20)16(14(21)8-10)17-18-5-6-19-17/h3-4,9-10,20H,5-8H2,1-2H3,(H,18,19). The fourth-order valence-electron chi connectivity index (χ4n) is 3.10. The third-order valence-corrected chi connectivity index (χ3v) is 4.23. The van der Waals surface area contributed by atoms with Gasteiger partial charge in [-0.05, 0) is 11.6 Å². The summed E-state index contributed by atoms with van der Waals surface area (Å²) in [5.74, 6) is 1.76. The van der Waals surface area contributed by atoms with Crippen molar-refractivity contribution in [2.75, 3.05) is 27.3 Å². The first-order valence-corrected chi connectivity index (χ1v) is 7.60. The Morgan fingerprint density at radius 2 is 2.09 bits per heavy atom. The van der Waals surface area contributed by atoms with Crippen molar-refractivity contribution >= 4 is 11.6 Å². The minimum Gasteiger partial charge on any atom is -0.511 e. The Morgan fingerprint density at radius 1 is 1.26 bits per heavy atom. The van der Waals surface area contributed by atoms with Crippen LogP contribution in [-0.2, 0) is 4.79 Å². The Labute approximate surface area is 134 Å². The molecule has 6 nitrogen and oxygen atoms in total. The molecule has 0 aromatic heterocycles. The van der Waals surface area contributed by atoms with Crippen molar-refractivity contribution in [2.24, 2.45) is 4.99 Å². The molecular formula is C17H20N2O4. The SMILES string of the molecule is COc1ccc(C2CC(=O)C(C3=NCCN3)=C(O)C2)c(OC)c1. The van der Waals surface area contributed by atoms with Crippen LogP contribution in [0.4, 0.5) is 0 Å². The quantitative estimate of drug-likeness (QED) is 0.887. The van der Waals surface area contributed by atoms with Gasteiger partial charge in [0.15, 0.2) is 5.78 Å². The number of hydrogen-bond donors (Lipinski definition) is 2. The van der Waals surface area contributed by atoms with Gasteiger partial charge in [-0.25, -0.2) is 0 Å². The number of carbonyl (C=O) groups is 1. The number of hydrogen-bond acceptors (Lipinski definition) is 6. The maximum atomic E-state index is 12.5. The van der Waals surface area contributed by atoms with Gasteiger partial charge < -0.3 is 19.9 Å². The van der Waals surface area contributed by atoms with Crippen molar-refractivity contribution in [1.82, 2.24) is 5.32 Å². The van der Waals surface area contributed by atoms with Crippen LogP contribution in [0.5, 0.6) is 11.5 Å². The van der Waals surface area contributed by atoms with Crippen molar-refractivity contribution in [3.63, 3.8) is 0 Å². The van der Waals surface area contributed by atoms with Crippen molar-refractivity contribution < 1.29 is 19.4 Å². The molecule has 0 radical (unpaired) electrons. The van der Waals surface area contributed by atoms with E-state index in [2.05, 4.69) is 10.3 Å². The fraction of sp³-hybridized carbons (Fsp3) is 0.412. The number of aliphatic imine (C=N–C) groups is 1. The lowest BCUT2D eigenvalue weighted by Gasteiger charge is -2.25. The van der Waals surface area contributed by atoms with E-state index in [9.17, 15) is 9.90 Å². The summed E-state index contributed by atoms with van der Waals surface area (Å²) < 4.78 is 10.6. The lowest BCUT2D eigenvalue weighted by Crippen LogP contribution is -2.30. The first-order valence-electron chi connectivity index (χ1n) is 7.60. The van der Waals surface area contributed by atoms with E-state index in [0.29, 0.717) is 48.8 Å². The molecule has 2 N–H and O–H groups in total. The number of amidine groups is 1. The molecule has 1 aromatic carbocycles. The second kappa shape index (κ2) is 6.32. The molecule has 0 bridgehead atoms. The summed E-state index contributed by atoms with van der Waals surface area (Å²) in [6, 6.07) is 5.51. The summed E-state index contributed by atoms with van der Waals surface area (Å²) in [6.07, 6.45) is 0.716. The summed E-state index contributed by atoms with van der Waals surface area (Å²) in [5.41, 5.74) is 1.24. The van der Waals surface area contributed by atoms with Crippen molar-refractivity contribution in [2.45, 2.75) is 18.8 Å². The Hall–Kier alpha value is -2.50. The van der Waals surface area contributed by atoms with E-state index < -0.39 is 0 Å². The first kappa shape index (κ1) is 15.4. The number of nitrogens with zero attached hydrogens (tertiary/aromatic N) is 1. The van der Waals surface area contributed by atoms with E-state index in [1.165, 1.54) is 0 Å². The predicted molar refractivity (Wildman–Crippen MR) is 86.5 cm³/mol. The number of rotatable bonds is 4. The average Bonchev–Trinajstić information content (AvgIpc) is 3.07. The van der Waals surface area contributed by atoms with Gasteiger partial charge >= 0.3 is 0 Å². The molecule has 6 heteroatoms. The molecule has 122 valence electrons. The second-order valence-corrected chi connectivity index (χ2v) is 5.62. The summed E-state index contributed by atoms with van der Waals surface area (Å²) in [6.45, 7) is 1.34. The highest BCUT2D eigenvalue weighted by atomic mass is 16.5. The van der Waals surface area contributed by atoms with Crippen LogP contribution in [0, 0.1) is 0 Å². The molecule has 2 aliphatic rings. The number of methoxy groups -OCH3 is 2. The summed E-state index contributed by atoms with van der Waals surface area (Å²) in [4.78, 5) is 16.7. The Bertz CT molecular complexity index is 694. The minimum absolute atomic E-state index is 0.0928. The molecule has 1 aliphatic heterocycles. The molecule has 1 aromatic rings. The van der Waals surface area contributed by atoms with Gasteiger partial charge in [0.1, 0.15) is 23.1 Å². The smallest absolute Gasteiger partial charge is 0.170 e. The highest BCUT2D eigenvalue weighted by molar-refractivity contribution is 6.22. The van der Waals surface area contributed by atoms with Crippen LogP contribution in [0.1, 0.15) is 24.3 Å². The molecule has 0 spiro atoms. The Kier molecular flexibility index (Phi) is 4.23. The molecule has 0 saturated carbocycles. The number of allylic oxidation sites excluding steroid dienone is 1. The number of Topliss-reactive ketones (excluding diaryl/α,β-unsaturated/α-hetero) is 1. The first-order chi connectivity index (χ1) is 11.1. The molecule has 23 heavy (non-hydrogen) atoms. The Balaban J connectivity index is 1.91. The molecule has 1 heterocycles. The molecule has 0 fully saturated rings. The van der Waals surface area contributed by atoms with Crippen LogP contribution in [0.15, 0.2) is 34.5 Å². The molecule has 1 unspecified atom stereocenters. The maximum Gasteiger partial charge on any atom is 0.170 e. The summed E-state index contributed by atoms with van der Waals surface area (Å²) in [5, 5.41) is 13.4. The van der Waals surface area contributed by atoms with E-state index in [-0.39, 0.29) is 17.5 Å². The molecule has 1 atom stereocenters. The lowest BCUT2D eigenvalue weighted by molar-refractivity contribution is -0.116. The number of ether oxygens (including phenoxy) is 2. The lowest BCUT2D eigenvalue weighted by atomic mass is 9.82. The maximum absolute atomic E-state index is 12.5. The normalized spacial score (nSPS) is 21.0. The molecule has 1 aliphatic carbocycles. The zero-order chi connectivity index (χ0) is 16.4. The summed E-state index contributed by atoms with van der Waals surface area (Å²) >= 11 is 0. The highest BCUT2D eigenvalue weighted by Gasteiger charge is 2.33. The third kappa shape index (κ3) is 2.88. The zero-order valence-corrected chi connectivity index (χ0v) is 13.3. The number of benzene rings is 1. The number of aliphatic hydroxyl groups excluding tert-OH is 1. The van der Waals surface area contributed by atoms with Crippen molar-refractivity contribution in [3.05, 3.63) is 35.1 Å². The van der Waals surface area contributed by atoms with Crippen molar-refractivity contribution in [1.29, 1.82) is 0 Å². The predicted octanol–water partition coefficient (Wildman–Crippen LogP) is 1.96. The van der Waals surface area contributed by atoms with Gasteiger partial charge in [0.25, 0.3) is 0 Å². The van der Waals surface area contributed by atoms with Gasteiger partial charge in [-0.2, -0.15) is 0 Å². The topological polar surface area (TPSA) is 80.2 Å². The summed E-state index contributed by atoms with van der Waals surface area (Å²) in [7, 11) is 3.18. The fourth-order valence-corrected chi connectivity index (χ4v) is 3.10. The van der Waals surface area contributed by atoms with Crippen LogP contribution in [0.25, 0.3) is 0 Å². The van der Waals surface area contributed by atoms with Gasteiger partial charge in [-0.3, -0.25) is 9.79 Å². The number of aliphatic hydroxyl groups is 1. The third-order valence-electron chi connectivity index (χ3n) is 4.23. The van der Waals surface area contributed by atoms with Gasteiger partial charge in [-0.15, -0.1) is 0 Å². The van der Waals surface area contributed by atoms with Crippen LogP contribution in [0.3, 0.4) is 0 Å². The molecule has 0 saturated heterocycles. The molecular weight excluding hydrogens is 296 g/mol. The number of carbonyl (C=O) groups excluding carboxylic acids is 1. The molecule has 0 amide bonds. The highest BCUT2D eigenvalue weighted by Crippen LogP contribution is 2.39. The number of nitrogens with one attached hydrogen (secondary N) is 1. The molecule has 3 rings (SSSR count). The van der Waals surface area contributed by atoms with Crippen LogP contribution < -0.4 is 14.8 Å². The van der Waals surface area contributed by atoms with Gasteiger partial charge in [0.2, 0.25) is 0 Å². The largest absolute Gasteiger partial charge is 0.511 e. The van der Waals surface area contributed by atoms with Gasteiger partial charge in [-0.1, -0.05) is 6.07 Å². The van der Waals surface area contributed by atoms with Crippen LogP contribution in [0.2, 0.25) is 0 Å². The van der Waals surface area contributed by atoms with E-state index in [1.807, 2.05) is 12.1 Å². The average molecular weight is 316 g/mol. The van der Waals surface area contributed by atoms with Gasteiger partial charge in [0.05, 0.1) is 26.3 Å². The van der Waals surface area contributed by atoms with Crippen molar-refractivity contribution in [3.8, 4) is 11.5 Å². The second-order valence-electron chi connectivity index (χ2n) is 5.62. The zero-order valence-electron chi connectivity index (χ0n) is 13.3. The number of ketones is 1. The van der Waals surface area contributed by atoms with Gasteiger partial charge in [0, 0.05) is 31.4 Å².